The molecule has 1 fully saturated rings. The molecule has 0 radical (unpaired) electrons. The van der Waals surface area contributed by atoms with Gasteiger partial charge in [-0.1, -0.05) is 23.2 Å². The van der Waals surface area contributed by atoms with Gasteiger partial charge < -0.3 is 4.90 Å². The molecule has 5 nitrogen and oxygen atoms in total. The van der Waals surface area contributed by atoms with E-state index in [1.165, 1.54) is 12.1 Å². The van der Waals surface area contributed by atoms with Crippen molar-refractivity contribution < 1.29 is 8.42 Å². The molecule has 2 rings (SSSR count). The second kappa shape index (κ2) is 5.30. The van der Waals surface area contributed by atoms with Crippen LogP contribution < -0.4 is 4.72 Å². The van der Waals surface area contributed by atoms with Crippen LogP contribution in [0.2, 0.25) is 10.3 Å². The van der Waals surface area contributed by atoms with Crippen LogP contribution in [0.4, 0.5) is 0 Å². The Kier molecular flexibility index (Phi) is 4.13. The Labute approximate surface area is 116 Å². The van der Waals surface area contributed by atoms with Crippen molar-refractivity contribution in [3.05, 3.63) is 22.4 Å². The number of nitrogens with zero attached hydrogens (tertiary/aromatic N) is 2. The molecule has 0 unspecified atom stereocenters. The fraction of sp³-hybridized carbons (Fsp3) is 0.500. The molecule has 100 valence electrons. The number of sulfonamides is 1. The van der Waals surface area contributed by atoms with Gasteiger partial charge in [0.1, 0.15) is 10.3 Å². The van der Waals surface area contributed by atoms with Crippen molar-refractivity contribution >= 4 is 33.2 Å². The normalized spacial score (nSPS) is 21.4. The van der Waals surface area contributed by atoms with Gasteiger partial charge in [-0.3, -0.25) is 0 Å². The average Bonchev–Trinajstić information content (AvgIpc) is 2.61. The van der Waals surface area contributed by atoms with Crippen LogP contribution in [0.15, 0.2) is 17.0 Å². The lowest BCUT2D eigenvalue weighted by atomic mass is 10.3. The number of rotatable bonds is 3. The number of hydrogen-bond acceptors (Lipinski definition) is 4. The molecule has 1 aromatic rings. The summed E-state index contributed by atoms with van der Waals surface area (Å²) >= 11 is 11.4. The summed E-state index contributed by atoms with van der Waals surface area (Å²) in [4.78, 5) is 5.83. The second-order valence-electron chi connectivity index (χ2n) is 4.32. The summed E-state index contributed by atoms with van der Waals surface area (Å²) in [5.74, 6) is 0. The van der Waals surface area contributed by atoms with Crippen LogP contribution >= 0.6 is 23.2 Å². The lowest BCUT2D eigenvalue weighted by molar-refractivity contribution is 0.407. The predicted octanol–water partition coefficient (Wildman–Crippen LogP) is 1.37. The fourth-order valence-corrected chi connectivity index (χ4v) is 3.81. The second-order valence-corrected chi connectivity index (χ2v) is 6.81. The molecule has 1 aromatic heterocycles. The first-order valence-corrected chi connectivity index (χ1v) is 7.65. The number of nitrogens with one attached hydrogen (secondary N) is 1. The minimum absolute atomic E-state index is 0.0436. The lowest BCUT2D eigenvalue weighted by Crippen LogP contribution is -2.36. The molecule has 0 bridgehead atoms. The topological polar surface area (TPSA) is 62.3 Å². The predicted molar refractivity (Wildman–Crippen MR) is 70.5 cm³/mol. The molecule has 0 amide bonds. The maximum absolute atomic E-state index is 12.1. The fourth-order valence-electron chi connectivity index (χ4n) is 1.92. The highest BCUT2D eigenvalue weighted by molar-refractivity contribution is 7.89. The number of pyridine rings is 1. The maximum Gasteiger partial charge on any atom is 0.241 e. The van der Waals surface area contributed by atoms with Crippen LogP contribution in [0.3, 0.4) is 0 Å². The number of aromatic nitrogens is 1. The molecule has 1 N–H and O–H groups in total. The first kappa shape index (κ1) is 14.0. The lowest BCUT2D eigenvalue weighted by Gasteiger charge is -2.13. The first-order valence-electron chi connectivity index (χ1n) is 5.41. The zero-order valence-corrected chi connectivity index (χ0v) is 12.1. The van der Waals surface area contributed by atoms with Crippen LogP contribution in [0.5, 0.6) is 0 Å². The van der Waals surface area contributed by atoms with Crippen LogP contribution in [0.1, 0.15) is 6.42 Å². The number of likely N-dealkylation sites (N-methyl/N-ethyl adjacent to an activating group) is 1. The average molecular weight is 310 g/mol. The van der Waals surface area contributed by atoms with Crippen LogP contribution in [0.25, 0.3) is 0 Å². The van der Waals surface area contributed by atoms with Crippen molar-refractivity contribution in [3.63, 3.8) is 0 Å². The molecule has 2 heterocycles. The van der Waals surface area contributed by atoms with E-state index < -0.39 is 10.0 Å². The zero-order valence-electron chi connectivity index (χ0n) is 9.73. The molecule has 0 aromatic carbocycles. The Morgan fingerprint density at radius 1 is 1.39 bits per heavy atom. The molecule has 1 saturated heterocycles. The summed E-state index contributed by atoms with van der Waals surface area (Å²) in [6.07, 6.45) is 0.794. The van der Waals surface area contributed by atoms with E-state index in [2.05, 4.69) is 14.6 Å². The molecule has 1 aliphatic rings. The van der Waals surface area contributed by atoms with Gasteiger partial charge >= 0.3 is 0 Å². The van der Waals surface area contributed by atoms with E-state index in [9.17, 15) is 8.42 Å². The van der Waals surface area contributed by atoms with Crippen molar-refractivity contribution in [2.75, 3.05) is 20.1 Å². The van der Waals surface area contributed by atoms with Crippen LogP contribution in [-0.4, -0.2) is 44.5 Å². The Morgan fingerprint density at radius 2 is 2.00 bits per heavy atom. The van der Waals surface area contributed by atoms with E-state index >= 15 is 0 Å². The Morgan fingerprint density at radius 3 is 2.50 bits per heavy atom. The molecule has 0 aliphatic carbocycles. The van der Waals surface area contributed by atoms with E-state index in [1.54, 1.807) is 0 Å². The molecule has 18 heavy (non-hydrogen) atoms. The molecular formula is C10H13Cl2N3O2S. The van der Waals surface area contributed by atoms with E-state index in [0.29, 0.717) is 6.54 Å². The molecule has 1 aliphatic heterocycles. The Hall–Kier alpha value is -0.400. The van der Waals surface area contributed by atoms with Gasteiger partial charge in [0.2, 0.25) is 10.0 Å². The highest BCUT2D eigenvalue weighted by atomic mass is 35.5. The Bertz CT molecular complexity index is 530. The molecule has 0 saturated carbocycles. The number of hydrogen-bond donors (Lipinski definition) is 1. The summed E-state index contributed by atoms with van der Waals surface area (Å²) in [5, 5.41) is 0.123. The van der Waals surface area contributed by atoms with Gasteiger partial charge in [-0.15, -0.1) is 0 Å². The van der Waals surface area contributed by atoms with Gasteiger partial charge in [0.25, 0.3) is 0 Å². The van der Waals surface area contributed by atoms with Gasteiger partial charge in [-0.2, -0.15) is 0 Å². The molecule has 1 atom stereocenters. The summed E-state index contributed by atoms with van der Waals surface area (Å²) in [6, 6.07) is 2.49. The van der Waals surface area contributed by atoms with E-state index in [1.807, 2.05) is 7.05 Å². The van der Waals surface area contributed by atoms with Crippen molar-refractivity contribution in [2.45, 2.75) is 17.4 Å². The SMILES string of the molecule is CN1CC[C@@H](NS(=O)(=O)c2cc(Cl)nc(Cl)c2)C1. The first-order chi connectivity index (χ1) is 8.37. The largest absolute Gasteiger partial charge is 0.305 e. The summed E-state index contributed by atoms with van der Waals surface area (Å²) < 4.78 is 26.9. The number of halogens is 2. The smallest absolute Gasteiger partial charge is 0.241 e. The molecular weight excluding hydrogens is 297 g/mol. The van der Waals surface area contributed by atoms with E-state index in [4.69, 9.17) is 23.2 Å². The van der Waals surface area contributed by atoms with Crippen molar-refractivity contribution in [1.29, 1.82) is 0 Å². The monoisotopic (exact) mass is 309 g/mol. The third kappa shape index (κ3) is 3.33. The summed E-state index contributed by atoms with van der Waals surface area (Å²) in [7, 11) is -1.64. The van der Waals surface area contributed by atoms with Gasteiger partial charge in [0, 0.05) is 12.6 Å². The zero-order chi connectivity index (χ0) is 13.3. The van der Waals surface area contributed by atoms with Gasteiger partial charge in [0.15, 0.2) is 0 Å². The van der Waals surface area contributed by atoms with Crippen molar-refractivity contribution in [2.24, 2.45) is 0 Å². The highest BCUT2D eigenvalue weighted by Crippen LogP contribution is 2.19. The quantitative estimate of drug-likeness (QED) is 0.857. The number of likely N-dealkylation sites (tertiary alicyclic amines) is 1. The van der Waals surface area contributed by atoms with Gasteiger partial charge in [0.05, 0.1) is 4.90 Å². The molecule has 8 heteroatoms. The summed E-state index contributed by atoms with van der Waals surface area (Å²) in [5.41, 5.74) is 0. The standard InChI is InChI=1S/C10H13Cl2N3O2S/c1-15-3-2-7(6-15)14-18(16,17)8-4-9(11)13-10(12)5-8/h4-5,7,14H,2-3,6H2,1H3/t7-/m1/s1. The third-order valence-electron chi connectivity index (χ3n) is 2.76. The van der Waals surface area contributed by atoms with Crippen molar-refractivity contribution in [1.82, 2.24) is 14.6 Å². The van der Waals surface area contributed by atoms with E-state index in [-0.39, 0.29) is 21.2 Å². The summed E-state index contributed by atoms with van der Waals surface area (Å²) in [6.45, 7) is 1.58. The van der Waals surface area contributed by atoms with Crippen molar-refractivity contribution in [3.8, 4) is 0 Å². The highest BCUT2D eigenvalue weighted by Gasteiger charge is 2.25. The minimum Gasteiger partial charge on any atom is -0.305 e. The maximum atomic E-state index is 12.1. The van der Waals surface area contributed by atoms with Crippen LogP contribution in [0, 0.1) is 0 Å². The van der Waals surface area contributed by atoms with Gasteiger partial charge in [-0.05, 0) is 32.1 Å². The Balaban J connectivity index is 2.20. The van der Waals surface area contributed by atoms with Crippen LogP contribution in [-0.2, 0) is 10.0 Å². The minimum atomic E-state index is -3.60. The van der Waals surface area contributed by atoms with Gasteiger partial charge in [-0.25, -0.2) is 18.1 Å². The van der Waals surface area contributed by atoms with E-state index in [0.717, 1.165) is 13.0 Å². The molecule has 0 spiro atoms. The third-order valence-corrected chi connectivity index (χ3v) is 4.65.